The third kappa shape index (κ3) is 2.42. The molecule has 0 atom stereocenters. The highest BCUT2D eigenvalue weighted by Crippen LogP contribution is 2.49. The second-order valence-electron chi connectivity index (χ2n) is 10.0. The van der Waals surface area contributed by atoms with Gasteiger partial charge in [-0.05, 0) is 68.7 Å². The maximum Gasteiger partial charge on any atom is 0.0620 e. The molecule has 1 aliphatic rings. The Morgan fingerprint density at radius 2 is 1.27 bits per heavy atom. The van der Waals surface area contributed by atoms with Crippen molar-refractivity contribution in [3.05, 3.63) is 122 Å². The van der Waals surface area contributed by atoms with E-state index in [-0.39, 0.29) is 0 Å². The molecule has 9 rings (SSSR count). The zero-order valence-corrected chi connectivity index (χ0v) is 19.9. The molecule has 1 aliphatic carbocycles. The molecular weight excluding hydrogens is 448 g/mol. The van der Waals surface area contributed by atoms with Gasteiger partial charge >= 0.3 is 0 Å². The van der Waals surface area contributed by atoms with Crippen LogP contribution in [0.3, 0.4) is 0 Å². The van der Waals surface area contributed by atoms with Crippen LogP contribution in [0.5, 0.6) is 0 Å². The summed E-state index contributed by atoms with van der Waals surface area (Å²) < 4.78 is 2.46. The first kappa shape index (κ1) is 19.3. The van der Waals surface area contributed by atoms with Crippen LogP contribution in [-0.2, 0) is 0 Å². The Morgan fingerprint density at radius 1 is 0.486 bits per heavy atom. The zero-order chi connectivity index (χ0) is 24.1. The Hall–Kier alpha value is -4.95. The number of aromatic nitrogens is 2. The summed E-state index contributed by atoms with van der Waals surface area (Å²) in [5.74, 6) is 0. The number of pyridine rings is 1. The van der Waals surface area contributed by atoms with Gasteiger partial charge < -0.3 is 4.57 Å². The van der Waals surface area contributed by atoms with E-state index in [1.807, 2.05) is 12.4 Å². The van der Waals surface area contributed by atoms with Gasteiger partial charge in [0.2, 0.25) is 0 Å². The molecule has 2 heterocycles. The molecule has 170 valence electrons. The molecule has 0 unspecified atom stereocenters. The summed E-state index contributed by atoms with van der Waals surface area (Å²) in [6.45, 7) is 0. The minimum absolute atomic E-state index is 1.15. The highest BCUT2D eigenvalue weighted by Gasteiger charge is 2.23. The van der Waals surface area contributed by atoms with E-state index in [4.69, 9.17) is 0 Å². The molecule has 2 heteroatoms. The first-order valence-corrected chi connectivity index (χ1v) is 12.7. The fourth-order valence-electron chi connectivity index (χ4n) is 6.62. The number of nitrogens with zero attached hydrogens (tertiary/aromatic N) is 2. The maximum absolute atomic E-state index is 4.39. The smallest absolute Gasteiger partial charge is 0.0620 e. The standard InChI is InChI=1S/C35H20N2/c1-2-12-32-25(9-1)28-15-14-23-20-36-17-16-24(23)35(28)37(32)33-13-5-8-22-18-30-26-10-3-6-21-7-4-11-27(34(21)26)31(30)19-29(22)33/h1-20H. The zero-order valence-electron chi connectivity index (χ0n) is 19.9. The monoisotopic (exact) mass is 468 g/mol. The summed E-state index contributed by atoms with van der Waals surface area (Å²) in [5.41, 5.74) is 8.99. The Bertz CT molecular complexity index is 2250. The summed E-state index contributed by atoms with van der Waals surface area (Å²) in [7, 11) is 0. The highest BCUT2D eigenvalue weighted by atomic mass is 15.0. The molecule has 37 heavy (non-hydrogen) atoms. The molecule has 0 aliphatic heterocycles. The number of hydrogen-bond donors (Lipinski definition) is 0. The molecular formula is C35H20N2. The van der Waals surface area contributed by atoms with Crippen LogP contribution in [0.1, 0.15) is 0 Å². The van der Waals surface area contributed by atoms with Crippen molar-refractivity contribution in [2.45, 2.75) is 0 Å². The van der Waals surface area contributed by atoms with Crippen molar-refractivity contribution < 1.29 is 0 Å². The Balaban J connectivity index is 1.45. The molecule has 0 amide bonds. The number of para-hydroxylation sites is 1. The molecule has 8 aromatic rings. The molecule has 0 N–H and O–H groups in total. The van der Waals surface area contributed by atoms with Crippen LogP contribution in [0.4, 0.5) is 0 Å². The van der Waals surface area contributed by atoms with Gasteiger partial charge in [0.15, 0.2) is 0 Å². The lowest BCUT2D eigenvalue weighted by Gasteiger charge is -2.14. The van der Waals surface area contributed by atoms with Crippen LogP contribution in [-0.4, -0.2) is 9.55 Å². The van der Waals surface area contributed by atoms with E-state index < -0.39 is 0 Å². The Kier molecular flexibility index (Phi) is 3.56. The summed E-state index contributed by atoms with van der Waals surface area (Å²) in [4.78, 5) is 4.39. The van der Waals surface area contributed by atoms with E-state index in [2.05, 4.69) is 119 Å². The van der Waals surface area contributed by atoms with Crippen LogP contribution < -0.4 is 0 Å². The largest absolute Gasteiger partial charge is 0.308 e. The van der Waals surface area contributed by atoms with Crippen LogP contribution in [0, 0.1) is 0 Å². The van der Waals surface area contributed by atoms with Crippen molar-refractivity contribution in [3.8, 4) is 27.9 Å². The average Bonchev–Trinajstić information content (AvgIpc) is 3.46. The van der Waals surface area contributed by atoms with Gasteiger partial charge in [-0.3, -0.25) is 4.98 Å². The molecule has 6 aromatic carbocycles. The summed E-state index contributed by atoms with van der Waals surface area (Å²) in [6, 6.07) is 40.2. The maximum atomic E-state index is 4.39. The second kappa shape index (κ2) is 6.83. The fourth-order valence-corrected chi connectivity index (χ4v) is 6.62. The van der Waals surface area contributed by atoms with Crippen molar-refractivity contribution in [1.29, 1.82) is 0 Å². The molecule has 2 nitrogen and oxygen atoms in total. The van der Waals surface area contributed by atoms with Crippen LogP contribution in [0.25, 0.3) is 82.1 Å². The molecule has 0 fully saturated rings. The van der Waals surface area contributed by atoms with Crippen LogP contribution in [0.15, 0.2) is 122 Å². The number of rotatable bonds is 1. The average molecular weight is 469 g/mol. The first-order chi connectivity index (χ1) is 18.4. The summed E-state index contributed by atoms with van der Waals surface area (Å²) >= 11 is 0. The van der Waals surface area contributed by atoms with Crippen molar-refractivity contribution in [2.24, 2.45) is 0 Å². The lowest BCUT2D eigenvalue weighted by atomic mass is 9.97. The Labute approximate surface area is 213 Å². The van der Waals surface area contributed by atoms with Gasteiger partial charge in [0, 0.05) is 39.3 Å². The van der Waals surface area contributed by atoms with Gasteiger partial charge in [-0.15, -0.1) is 0 Å². The number of benzene rings is 6. The first-order valence-electron chi connectivity index (χ1n) is 12.7. The third-order valence-electron chi connectivity index (χ3n) is 8.17. The van der Waals surface area contributed by atoms with Crippen LogP contribution in [0.2, 0.25) is 0 Å². The SMILES string of the molecule is c1cc(-n2c3ccccc3c3ccc4cnccc4c32)c2cc3c(cc2c1)-c1cccc2cccc-3c12. The summed E-state index contributed by atoms with van der Waals surface area (Å²) in [6.07, 6.45) is 3.86. The normalized spacial score (nSPS) is 12.3. The van der Waals surface area contributed by atoms with E-state index in [0.717, 1.165) is 5.39 Å². The van der Waals surface area contributed by atoms with E-state index in [1.165, 1.54) is 76.7 Å². The van der Waals surface area contributed by atoms with Gasteiger partial charge in [0.05, 0.1) is 16.7 Å². The predicted molar refractivity (Wildman–Crippen MR) is 156 cm³/mol. The van der Waals surface area contributed by atoms with Gasteiger partial charge in [-0.1, -0.05) is 78.9 Å². The fraction of sp³-hybridized carbons (Fsp3) is 0. The highest BCUT2D eigenvalue weighted by molar-refractivity contribution is 6.21. The quantitative estimate of drug-likeness (QED) is 0.235. The lowest BCUT2D eigenvalue weighted by Crippen LogP contribution is -1.96. The molecule has 0 saturated heterocycles. The molecule has 0 saturated carbocycles. The molecule has 0 spiro atoms. The van der Waals surface area contributed by atoms with Gasteiger partial charge in [0.25, 0.3) is 0 Å². The lowest BCUT2D eigenvalue weighted by molar-refractivity contribution is 1.20. The van der Waals surface area contributed by atoms with Crippen molar-refractivity contribution in [3.63, 3.8) is 0 Å². The molecule has 0 radical (unpaired) electrons. The molecule has 2 aromatic heterocycles. The summed E-state index contributed by atoms with van der Waals surface area (Å²) in [5, 5.41) is 10.1. The van der Waals surface area contributed by atoms with Crippen molar-refractivity contribution >= 4 is 54.1 Å². The minimum Gasteiger partial charge on any atom is -0.308 e. The Morgan fingerprint density at radius 3 is 2.16 bits per heavy atom. The molecule has 0 bridgehead atoms. The van der Waals surface area contributed by atoms with E-state index in [0.29, 0.717) is 0 Å². The van der Waals surface area contributed by atoms with E-state index >= 15 is 0 Å². The van der Waals surface area contributed by atoms with Gasteiger partial charge in [-0.25, -0.2) is 0 Å². The number of fused-ring (bicyclic) bond motifs is 9. The topological polar surface area (TPSA) is 17.8 Å². The van der Waals surface area contributed by atoms with E-state index in [1.54, 1.807) is 0 Å². The van der Waals surface area contributed by atoms with Crippen molar-refractivity contribution in [1.82, 2.24) is 9.55 Å². The van der Waals surface area contributed by atoms with Gasteiger partial charge in [-0.2, -0.15) is 0 Å². The van der Waals surface area contributed by atoms with E-state index in [9.17, 15) is 0 Å². The van der Waals surface area contributed by atoms with Crippen molar-refractivity contribution in [2.75, 3.05) is 0 Å². The third-order valence-corrected chi connectivity index (χ3v) is 8.17. The predicted octanol–water partition coefficient (Wildman–Crippen LogP) is 9.29. The number of hydrogen-bond acceptors (Lipinski definition) is 1. The van der Waals surface area contributed by atoms with Crippen LogP contribution >= 0.6 is 0 Å². The minimum atomic E-state index is 1.15. The second-order valence-corrected chi connectivity index (χ2v) is 10.0. The van der Waals surface area contributed by atoms with Gasteiger partial charge in [0.1, 0.15) is 0 Å².